The Morgan fingerprint density at radius 3 is 2.48 bits per heavy atom. The van der Waals surface area contributed by atoms with Gasteiger partial charge < -0.3 is 5.32 Å². The first-order chi connectivity index (χ1) is 9.63. The molecule has 0 spiro atoms. The molecule has 0 saturated carbocycles. The molecule has 0 aromatic heterocycles. The lowest BCUT2D eigenvalue weighted by Gasteiger charge is -2.16. The second-order valence-corrected chi connectivity index (χ2v) is 8.06. The summed E-state index contributed by atoms with van der Waals surface area (Å²) < 4.78 is 27.4. The Bertz CT molecular complexity index is 620. The minimum absolute atomic E-state index is 0.0594. The maximum atomic E-state index is 12.2. The number of benzene rings is 1. The topological polar surface area (TPSA) is 75.3 Å². The monoisotopic (exact) mass is 396 g/mol. The lowest BCUT2D eigenvalue weighted by atomic mass is 10.2. The third-order valence-corrected chi connectivity index (χ3v) is 5.11. The fourth-order valence-electron chi connectivity index (χ4n) is 1.50. The zero-order valence-electron chi connectivity index (χ0n) is 12.0. The van der Waals surface area contributed by atoms with Crippen LogP contribution in [0.3, 0.4) is 0 Å². The van der Waals surface area contributed by atoms with Crippen molar-refractivity contribution in [2.24, 2.45) is 5.92 Å². The van der Waals surface area contributed by atoms with E-state index >= 15 is 0 Å². The van der Waals surface area contributed by atoms with E-state index in [9.17, 15) is 13.2 Å². The van der Waals surface area contributed by atoms with E-state index in [0.29, 0.717) is 16.9 Å². The van der Waals surface area contributed by atoms with Gasteiger partial charge in [0.25, 0.3) is 0 Å². The fraction of sp³-hybridized carbons (Fsp3) is 0.462. The molecule has 0 heterocycles. The normalized spacial score (nSPS) is 13.2. The van der Waals surface area contributed by atoms with Gasteiger partial charge in [-0.15, -0.1) is 0 Å². The summed E-state index contributed by atoms with van der Waals surface area (Å²) in [6.45, 7) is 5.89. The van der Waals surface area contributed by atoms with Crippen LogP contribution in [0.1, 0.15) is 20.8 Å². The molecule has 0 aliphatic heterocycles. The van der Waals surface area contributed by atoms with Gasteiger partial charge in [0.1, 0.15) is 4.90 Å². The summed E-state index contributed by atoms with van der Waals surface area (Å²) >= 11 is 9.14. The van der Waals surface area contributed by atoms with Gasteiger partial charge in [-0.05, 0) is 31.0 Å². The van der Waals surface area contributed by atoms with Crippen molar-refractivity contribution in [3.63, 3.8) is 0 Å². The molecule has 1 rings (SSSR count). The summed E-state index contributed by atoms with van der Waals surface area (Å²) in [4.78, 5) is 11.8. The van der Waals surface area contributed by atoms with Crippen LogP contribution in [0.25, 0.3) is 0 Å². The van der Waals surface area contributed by atoms with E-state index in [4.69, 9.17) is 11.6 Å². The van der Waals surface area contributed by atoms with E-state index in [-0.39, 0.29) is 15.8 Å². The van der Waals surface area contributed by atoms with Gasteiger partial charge in [0.15, 0.2) is 0 Å². The standard InChI is InChI=1S/C13H18BrClN2O3S/c1-8(2)7-16-13(18)9(3)17-21(19,20)12-5-4-10(14)6-11(12)15/h4-6,8-9,17H,7H2,1-3H3,(H,16,18). The quantitative estimate of drug-likeness (QED) is 0.774. The molecular formula is C13H18BrClN2O3S. The molecule has 1 aromatic carbocycles. The van der Waals surface area contributed by atoms with E-state index in [1.165, 1.54) is 19.1 Å². The van der Waals surface area contributed by atoms with Gasteiger partial charge in [0.05, 0.1) is 11.1 Å². The Balaban J connectivity index is 2.82. The lowest BCUT2D eigenvalue weighted by molar-refractivity contribution is -0.122. The van der Waals surface area contributed by atoms with Gasteiger partial charge in [-0.2, -0.15) is 4.72 Å². The zero-order chi connectivity index (χ0) is 16.2. The molecule has 2 N–H and O–H groups in total. The molecule has 0 radical (unpaired) electrons. The SMILES string of the molecule is CC(C)CNC(=O)C(C)NS(=O)(=O)c1ccc(Br)cc1Cl. The molecule has 1 amide bonds. The van der Waals surface area contributed by atoms with Crippen molar-refractivity contribution in [1.82, 2.24) is 10.0 Å². The van der Waals surface area contributed by atoms with E-state index in [0.717, 1.165) is 0 Å². The molecule has 21 heavy (non-hydrogen) atoms. The summed E-state index contributed by atoms with van der Waals surface area (Å²) in [6.07, 6.45) is 0. The Kier molecular flexibility index (Phi) is 6.65. The number of hydrogen-bond acceptors (Lipinski definition) is 3. The third kappa shape index (κ3) is 5.58. The minimum atomic E-state index is -3.85. The van der Waals surface area contributed by atoms with Crippen molar-refractivity contribution in [2.75, 3.05) is 6.54 Å². The number of sulfonamides is 1. The number of rotatable bonds is 6. The largest absolute Gasteiger partial charge is 0.354 e. The van der Waals surface area contributed by atoms with Crippen molar-refractivity contribution in [3.8, 4) is 0 Å². The van der Waals surface area contributed by atoms with Crippen LogP contribution in [0.15, 0.2) is 27.6 Å². The van der Waals surface area contributed by atoms with Crippen LogP contribution in [0.2, 0.25) is 5.02 Å². The molecule has 0 saturated heterocycles. The molecule has 5 nitrogen and oxygen atoms in total. The van der Waals surface area contributed by atoms with Crippen LogP contribution in [0.5, 0.6) is 0 Å². The highest BCUT2D eigenvalue weighted by Gasteiger charge is 2.24. The highest BCUT2D eigenvalue weighted by molar-refractivity contribution is 9.10. The average molecular weight is 398 g/mol. The van der Waals surface area contributed by atoms with Crippen LogP contribution >= 0.6 is 27.5 Å². The summed E-state index contributed by atoms with van der Waals surface area (Å²) in [5, 5.41) is 2.76. The molecule has 0 bridgehead atoms. The molecule has 118 valence electrons. The van der Waals surface area contributed by atoms with Crippen LogP contribution in [0, 0.1) is 5.92 Å². The van der Waals surface area contributed by atoms with E-state index < -0.39 is 16.1 Å². The smallest absolute Gasteiger partial charge is 0.242 e. The highest BCUT2D eigenvalue weighted by Crippen LogP contribution is 2.25. The lowest BCUT2D eigenvalue weighted by Crippen LogP contribution is -2.45. The Morgan fingerprint density at radius 2 is 1.95 bits per heavy atom. The van der Waals surface area contributed by atoms with Gasteiger partial charge in [-0.3, -0.25) is 4.79 Å². The van der Waals surface area contributed by atoms with Gasteiger partial charge >= 0.3 is 0 Å². The van der Waals surface area contributed by atoms with Crippen LogP contribution in [0.4, 0.5) is 0 Å². The molecular weight excluding hydrogens is 380 g/mol. The molecule has 1 atom stereocenters. The summed E-state index contributed by atoms with van der Waals surface area (Å²) in [7, 11) is -3.85. The number of halogens is 2. The second kappa shape index (κ2) is 7.58. The van der Waals surface area contributed by atoms with E-state index in [1.54, 1.807) is 6.07 Å². The molecule has 1 unspecified atom stereocenters. The number of amides is 1. The maximum Gasteiger partial charge on any atom is 0.242 e. The van der Waals surface area contributed by atoms with Crippen LogP contribution < -0.4 is 10.0 Å². The number of carbonyl (C=O) groups excluding carboxylic acids is 1. The number of nitrogens with one attached hydrogen (secondary N) is 2. The number of hydrogen-bond donors (Lipinski definition) is 2. The van der Waals surface area contributed by atoms with Crippen molar-refractivity contribution >= 4 is 43.5 Å². The van der Waals surface area contributed by atoms with Crippen LogP contribution in [-0.4, -0.2) is 26.9 Å². The third-order valence-electron chi connectivity index (χ3n) is 2.59. The van der Waals surface area contributed by atoms with Crippen LogP contribution in [-0.2, 0) is 14.8 Å². The zero-order valence-corrected chi connectivity index (χ0v) is 15.1. The van der Waals surface area contributed by atoms with Crippen molar-refractivity contribution in [3.05, 3.63) is 27.7 Å². The van der Waals surface area contributed by atoms with Gasteiger partial charge in [0, 0.05) is 11.0 Å². The maximum absolute atomic E-state index is 12.2. The Labute approximate surface area is 138 Å². The van der Waals surface area contributed by atoms with Gasteiger partial charge in [-0.1, -0.05) is 41.4 Å². The van der Waals surface area contributed by atoms with Crippen molar-refractivity contribution < 1.29 is 13.2 Å². The predicted octanol–water partition coefficient (Wildman–Crippen LogP) is 2.54. The Morgan fingerprint density at radius 1 is 1.33 bits per heavy atom. The number of carbonyl (C=O) groups is 1. The van der Waals surface area contributed by atoms with Gasteiger partial charge in [-0.25, -0.2) is 8.42 Å². The first-order valence-corrected chi connectivity index (χ1v) is 9.04. The minimum Gasteiger partial charge on any atom is -0.354 e. The first kappa shape index (κ1) is 18.4. The van der Waals surface area contributed by atoms with Gasteiger partial charge in [0.2, 0.25) is 15.9 Å². The highest BCUT2D eigenvalue weighted by atomic mass is 79.9. The molecule has 0 fully saturated rings. The molecule has 8 heteroatoms. The van der Waals surface area contributed by atoms with Crippen molar-refractivity contribution in [2.45, 2.75) is 31.7 Å². The summed E-state index contributed by atoms with van der Waals surface area (Å²) in [5.41, 5.74) is 0. The molecule has 0 aliphatic carbocycles. The molecule has 1 aromatic rings. The van der Waals surface area contributed by atoms with E-state index in [1.807, 2.05) is 13.8 Å². The molecule has 0 aliphatic rings. The summed E-state index contributed by atoms with van der Waals surface area (Å²) in [6, 6.07) is 3.56. The van der Waals surface area contributed by atoms with E-state index in [2.05, 4.69) is 26.0 Å². The predicted molar refractivity (Wildman–Crippen MR) is 86.8 cm³/mol. The summed E-state index contributed by atoms with van der Waals surface area (Å²) in [5.74, 6) is -0.0841. The average Bonchev–Trinajstić information content (AvgIpc) is 2.34. The fourth-order valence-corrected chi connectivity index (χ4v) is 3.74. The second-order valence-electron chi connectivity index (χ2n) is 5.06. The first-order valence-electron chi connectivity index (χ1n) is 6.38. The Hall–Kier alpha value is -0.630. The van der Waals surface area contributed by atoms with Crippen molar-refractivity contribution in [1.29, 1.82) is 0 Å².